The summed E-state index contributed by atoms with van der Waals surface area (Å²) in [6.45, 7) is 7.41. The number of Topliss-reactive ketones (excluding diaryl/α,β-unsaturated/α-hetero) is 1. The van der Waals surface area contributed by atoms with Crippen LogP contribution in [0.25, 0.3) is 0 Å². The van der Waals surface area contributed by atoms with E-state index in [4.69, 9.17) is 4.74 Å². The molecule has 0 atom stereocenters. The Balaban J connectivity index is 1.94. The topological polar surface area (TPSA) is 75.6 Å². The summed E-state index contributed by atoms with van der Waals surface area (Å²) >= 11 is 0. The quantitative estimate of drug-likeness (QED) is 0.478. The fraction of sp³-hybridized carbons (Fsp3) is 0.300. The Morgan fingerprint density at radius 1 is 1.00 bits per heavy atom. The van der Waals surface area contributed by atoms with Gasteiger partial charge in [-0.15, -0.1) is 0 Å². The van der Waals surface area contributed by atoms with E-state index in [0.717, 1.165) is 22.3 Å². The molecule has 0 aromatic heterocycles. The average molecular weight is 341 g/mol. The Hall–Kier alpha value is -2.82. The largest absolute Gasteiger partial charge is 0.508 e. The molecule has 2 aromatic rings. The number of anilines is 1. The second kappa shape index (κ2) is 7.83. The third-order valence-electron chi connectivity index (χ3n) is 4.31. The van der Waals surface area contributed by atoms with Gasteiger partial charge in [0.15, 0.2) is 6.61 Å². The molecule has 132 valence electrons. The summed E-state index contributed by atoms with van der Waals surface area (Å²) in [5.41, 5.74) is 5.26. The molecule has 2 aromatic carbocycles. The summed E-state index contributed by atoms with van der Waals surface area (Å²) in [6, 6.07) is 8.38. The number of hydrogen-bond acceptors (Lipinski definition) is 5. The molecule has 0 fully saturated rings. The number of aromatic hydroxyl groups is 1. The SMILES string of the molecule is Cc1cc(C)c(C)c(C(=O)COC(=O)CNc2ccc(O)cc2)c1C. The lowest BCUT2D eigenvalue weighted by molar-refractivity contribution is -0.140. The van der Waals surface area contributed by atoms with Gasteiger partial charge in [0, 0.05) is 11.3 Å². The number of ether oxygens (including phenoxy) is 1. The summed E-state index contributed by atoms with van der Waals surface area (Å²) in [5.74, 6) is -0.557. The number of esters is 1. The minimum Gasteiger partial charge on any atom is -0.508 e. The molecule has 0 aliphatic heterocycles. The molecule has 0 saturated heterocycles. The molecular weight excluding hydrogens is 318 g/mol. The number of carbonyl (C=O) groups excluding carboxylic acids is 2. The predicted octanol–water partition coefficient (Wildman–Crippen LogP) is 3.46. The van der Waals surface area contributed by atoms with Gasteiger partial charge in [0.25, 0.3) is 0 Å². The standard InChI is InChI=1S/C20H23NO4/c1-12-9-13(2)15(4)20(14(12)3)18(23)11-25-19(24)10-21-16-5-7-17(22)8-6-16/h5-9,21-22H,10-11H2,1-4H3. The molecule has 0 aliphatic rings. The minimum absolute atomic E-state index is 0.0527. The average Bonchev–Trinajstić information content (AvgIpc) is 2.58. The highest BCUT2D eigenvalue weighted by atomic mass is 16.5. The maximum Gasteiger partial charge on any atom is 0.325 e. The zero-order chi connectivity index (χ0) is 18.6. The molecule has 0 unspecified atom stereocenters. The lowest BCUT2D eigenvalue weighted by Crippen LogP contribution is -2.22. The maximum absolute atomic E-state index is 12.5. The van der Waals surface area contributed by atoms with Crippen molar-refractivity contribution in [1.82, 2.24) is 0 Å². The van der Waals surface area contributed by atoms with Crippen molar-refractivity contribution in [3.05, 3.63) is 58.1 Å². The van der Waals surface area contributed by atoms with Crippen molar-refractivity contribution in [2.45, 2.75) is 27.7 Å². The van der Waals surface area contributed by atoms with Crippen LogP contribution >= 0.6 is 0 Å². The van der Waals surface area contributed by atoms with Gasteiger partial charge in [-0.25, -0.2) is 0 Å². The Bertz CT molecular complexity index is 768. The van der Waals surface area contributed by atoms with Crippen molar-refractivity contribution in [1.29, 1.82) is 0 Å². The van der Waals surface area contributed by atoms with Crippen LogP contribution in [-0.4, -0.2) is 30.0 Å². The Morgan fingerprint density at radius 2 is 1.56 bits per heavy atom. The van der Waals surface area contributed by atoms with E-state index in [1.807, 2.05) is 27.7 Å². The van der Waals surface area contributed by atoms with Crippen LogP contribution in [0.4, 0.5) is 5.69 Å². The molecule has 0 saturated carbocycles. The van der Waals surface area contributed by atoms with E-state index in [1.165, 1.54) is 12.1 Å². The Kier molecular flexibility index (Phi) is 5.80. The van der Waals surface area contributed by atoms with Crippen LogP contribution < -0.4 is 5.32 Å². The molecule has 5 nitrogen and oxygen atoms in total. The number of phenols is 1. The molecule has 0 aliphatic carbocycles. The molecular formula is C20H23NO4. The van der Waals surface area contributed by atoms with Crippen molar-refractivity contribution >= 4 is 17.4 Å². The number of nitrogens with one attached hydrogen (secondary N) is 1. The van der Waals surface area contributed by atoms with E-state index in [9.17, 15) is 14.7 Å². The lowest BCUT2D eigenvalue weighted by Gasteiger charge is -2.14. The van der Waals surface area contributed by atoms with Gasteiger partial charge in [-0.05, 0) is 74.2 Å². The van der Waals surface area contributed by atoms with Gasteiger partial charge in [-0.3, -0.25) is 9.59 Å². The van der Waals surface area contributed by atoms with Crippen molar-refractivity contribution in [3.8, 4) is 5.75 Å². The first kappa shape index (κ1) is 18.5. The van der Waals surface area contributed by atoms with E-state index in [0.29, 0.717) is 11.3 Å². The van der Waals surface area contributed by atoms with Crippen molar-refractivity contribution < 1.29 is 19.4 Å². The predicted molar refractivity (Wildman–Crippen MR) is 97.3 cm³/mol. The van der Waals surface area contributed by atoms with E-state index < -0.39 is 5.97 Å². The number of benzene rings is 2. The van der Waals surface area contributed by atoms with E-state index in [2.05, 4.69) is 11.4 Å². The normalized spacial score (nSPS) is 10.4. The zero-order valence-corrected chi connectivity index (χ0v) is 15.0. The third-order valence-corrected chi connectivity index (χ3v) is 4.31. The van der Waals surface area contributed by atoms with Crippen molar-refractivity contribution in [3.63, 3.8) is 0 Å². The van der Waals surface area contributed by atoms with Crippen LogP contribution in [0.5, 0.6) is 5.75 Å². The van der Waals surface area contributed by atoms with Gasteiger partial charge in [0.2, 0.25) is 5.78 Å². The molecule has 0 amide bonds. The number of hydrogen-bond donors (Lipinski definition) is 2. The first-order valence-corrected chi connectivity index (χ1v) is 8.08. The number of aryl methyl sites for hydroxylation is 2. The highest BCUT2D eigenvalue weighted by Gasteiger charge is 2.17. The highest BCUT2D eigenvalue weighted by molar-refractivity contribution is 6.01. The summed E-state index contributed by atoms with van der Waals surface area (Å²) in [7, 11) is 0. The van der Waals surface area contributed by atoms with Crippen LogP contribution in [0.15, 0.2) is 30.3 Å². The highest BCUT2D eigenvalue weighted by Crippen LogP contribution is 2.22. The summed E-state index contributed by atoms with van der Waals surface area (Å²) in [4.78, 5) is 24.3. The molecule has 5 heteroatoms. The second-order valence-corrected chi connectivity index (χ2v) is 6.12. The van der Waals surface area contributed by atoms with Crippen LogP contribution in [0.1, 0.15) is 32.6 Å². The minimum atomic E-state index is -0.513. The molecule has 2 N–H and O–H groups in total. The van der Waals surface area contributed by atoms with E-state index >= 15 is 0 Å². The van der Waals surface area contributed by atoms with Crippen LogP contribution in [0.3, 0.4) is 0 Å². The fourth-order valence-corrected chi connectivity index (χ4v) is 2.66. The maximum atomic E-state index is 12.5. The molecule has 0 bridgehead atoms. The van der Waals surface area contributed by atoms with Gasteiger partial charge < -0.3 is 15.2 Å². The number of ketones is 1. The molecule has 2 rings (SSSR count). The number of rotatable bonds is 6. The first-order chi connectivity index (χ1) is 11.8. The molecule has 0 spiro atoms. The third kappa shape index (κ3) is 4.59. The van der Waals surface area contributed by atoms with Gasteiger partial charge in [0.05, 0.1) is 0 Å². The first-order valence-electron chi connectivity index (χ1n) is 8.08. The van der Waals surface area contributed by atoms with E-state index in [1.54, 1.807) is 12.1 Å². The summed E-state index contributed by atoms with van der Waals surface area (Å²) in [6.07, 6.45) is 0. The number of carbonyl (C=O) groups is 2. The lowest BCUT2D eigenvalue weighted by atomic mass is 9.92. The van der Waals surface area contributed by atoms with Gasteiger partial charge in [0.1, 0.15) is 12.3 Å². The second-order valence-electron chi connectivity index (χ2n) is 6.12. The van der Waals surface area contributed by atoms with Crippen LogP contribution in [0.2, 0.25) is 0 Å². The zero-order valence-electron chi connectivity index (χ0n) is 15.0. The van der Waals surface area contributed by atoms with Gasteiger partial charge >= 0.3 is 5.97 Å². The molecule has 0 heterocycles. The summed E-state index contributed by atoms with van der Waals surface area (Å²) < 4.78 is 5.09. The Labute approximate surface area is 147 Å². The molecule has 25 heavy (non-hydrogen) atoms. The molecule has 0 radical (unpaired) electrons. The fourth-order valence-electron chi connectivity index (χ4n) is 2.66. The Morgan fingerprint density at radius 3 is 2.12 bits per heavy atom. The monoisotopic (exact) mass is 341 g/mol. The van der Waals surface area contributed by atoms with Gasteiger partial charge in [-0.1, -0.05) is 6.07 Å². The van der Waals surface area contributed by atoms with Crippen molar-refractivity contribution in [2.24, 2.45) is 0 Å². The number of phenolic OH excluding ortho intramolecular Hbond substituents is 1. The van der Waals surface area contributed by atoms with Crippen molar-refractivity contribution in [2.75, 3.05) is 18.5 Å². The van der Waals surface area contributed by atoms with Crippen LogP contribution in [-0.2, 0) is 9.53 Å². The van der Waals surface area contributed by atoms with Crippen LogP contribution in [0, 0.1) is 27.7 Å². The van der Waals surface area contributed by atoms with Gasteiger partial charge in [-0.2, -0.15) is 0 Å². The van der Waals surface area contributed by atoms with E-state index in [-0.39, 0.29) is 24.7 Å². The summed E-state index contributed by atoms with van der Waals surface area (Å²) in [5, 5.41) is 12.1. The smallest absolute Gasteiger partial charge is 0.325 e.